The van der Waals surface area contributed by atoms with Crippen LogP contribution >= 0.6 is 22.4 Å². The molecule has 0 saturated heterocycles. The average Bonchev–Trinajstić information content (AvgIpc) is 2.71. The van der Waals surface area contributed by atoms with Crippen molar-refractivity contribution in [2.75, 3.05) is 25.7 Å². The van der Waals surface area contributed by atoms with Crippen LogP contribution in [0.4, 0.5) is 0 Å². The molecule has 0 atom stereocenters. The lowest BCUT2D eigenvalue weighted by atomic mass is 9.83. The number of halogens is 1. The molecule has 0 spiro atoms. The maximum Gasteiger partial charge on any atom is 0.308 e. The average molecular weight is 501 g/mol. The Morgan fingerprint density at radius 3 is 1.55 bits per heavy atom. The lowest BCUT2D eigenvalue weighted by molar-refractivity contribution is -0.147. The summed E-state index contributed by atoms with van der Waals surface area (Å²) in [4.78, 5) is 33.2. The van der Waals surface area contributed by atoms with E-state index in [0.717, 1.165) is 44.3 Å². The summed E-state index contributed by atoms with van der Waals surface area (Å²) in [6.45, 7) is 1.60. The zero-order valence-corrected chi connectivity index (χ0v) is 20.3. The van der Waals surface area contributed by atoms with Crippen molar-refractivity contribution in [1.29, 1.82) is 0 Å². The van der Waals surface area contributed by atoms with Gasteiger partial charge in [-0.25, -0.2) is 8.42 Å². The summed E-state index contributed by atoms with van der Waals surface area (Å²) in [5.41, 5.74) is 0. The minimum absolute atomic E-state index is 0. The fourth-order valence-electron chi connectivity index (χ4n) is 3.98. The predicted octanol–water partition coefficient (Wildman–Crippen LogP) is 4.42. The van der Waals surface area contributed by atoms with Gasteiger partial charge >= 0.3 is 11.9 Å². The van der Waals surface area contributed by atoms with E-state index >= 15 is 0 Å². The molecule has 2 fully saturated rings. The van der Waals surface area contributed by atoms with E-state index in [1.807, 2.05) is 0 Å². The summed E-state index contributed by atoms with van der Waals surface area (Å²) in [5, 5.41) is 0.185. The SMILES string of the molecule is C.COC(=O)C1CCC(CS(=O)(=O)Cl)CC1.COC(=O)C1CCC(CSC(C)=O)CC1. The van der Waals surface area contributed by atoms with Gasteiger partial charge in [0.1, 0.15) is 0 Å². The molecule has 7 nitrogen and oxygen atoms in total. The molecule has 2 aliphatic carbocycles. The zero-order valence-electron chi connectivity index (χ0n) is 17.9. The summed E-state index contributed by atoms with van der Waals surface area (Å²) < 4.78 is 31.1. The van der Waals surface area contributed by atoms with Crippen LogP contribution in [-0.4, -0.2) is 51.2 Å². The minimum atomic E-state index is -3.41. The Morgan fingerprint density at radius 1 is 0.839 bits per heavy atom. The van der Waals surface area contributed by atoms with Gasteiger partial charge in [-0.3, -0.25) is 14.4 Å². The molecule has 2 saturated carbocycles. The first-order valence-corrected chi connectivity index (χ1v) is 13.7. The summed E-state index contributed by atoms with van der Waals surface area (Å²) in [6, 6.07) is 0. The van der Waals surface area contributed by atoms with Crippen LogP contribution in [0.15, 0.2) is 0 Å². The van der Waals surface area contributed by atoms with Crippen LogP contribution in [0.3, 0.4) is 0 Å². The van der Waals surface area contributed by atoms with E-state index in [2.05, 4.69) is 4.74 Å². The highest BCUT2D eigenvalue weighted by Gasteiger charge is 2.29. The molecule has 2 aliphatic rings. The first kappa shape index (κ1) is 30.2. The lowest BCUT2D eigenvalue weighted by Gasteiger charge is -2.26. The monoisotopic (exact) mass is 500 g/mol. The van der Waals surface area contributed by atoms with Crippen LogP contribution < -0.4 is 0 Å². The smallest absolute Gasteiger partial charge is 0.308 e. The second kappa shape index (κ2) is 15.1. The molecule has 0 aromatic heterocycles. The Kier molecular flexibility index (Phi) is 14.7. The van der Waals surface area contributed by atoms with Crippen molar-refractivity contribution < 1.29 is 32.3 Å². The third kappa shape index (κ3) is 12.7. The van der Waals surface area contributed by atoms with Gasteiger partial charge < -0.3 is 9.47 Å². The Labute approximate surface area is 195 Å². The van der Waals surface area contributed by atoms with E-state index in [4.69, 9.17) is 15.4 Å². The number of hydrogen-bond donors (Lipinski definition) is 0. The van der Waals surface area contributed by atoms with Crippen molar-refractivity contribution in [2.45, 2.75) is 65.7 Å². The van der Waals surface area contributed by atoms with Gasteiger partial charge in [-0.2, -0.15) is 0 Å². The second-order valence-electron chi connectivity index (χ2n) is 7.99. The van der Waals surface area contributed by atoms with Crippen molar-refractivity contribution in [1.82, 2.24) is 0 Å². The van der Waals surface area contributed by atoms with E-state index in [-0.39, 0.29) is 48.0 Å². The van der Waals surface area contributed by atoms with Crippen molar-refractivity contribution in [2.24, 2.45) is 23.7 Å². The standard InChI is InChI=1S/C11H18O3S.C9H15ClO4S.CH4/c1-8(12)15-7-9-3-5-10(6-4-9)11(13)14-2;1-14-9(11)8-4-2-7(3-5-8)6-15(10,12)13;/h9-10H,3-7H2,1-2H3;7-8H,2-6H2,1H3;1H4. The van der Waals surface area contributed by atoms with E-state index in [9.17, 15) is 22.8 Å². The fraction of sp³-hybridized carbons (Fsp3) is 0.857. The number of ether oxygens (including phenoxy) is 2. The maximum absolute atomic E-state index is 11.3. The highest BCUT2D eigenvalue weighted by Crippen LogP contribution is 2.32. The summed E-state index contributed by atoms with van der Waals surface area (Å²) in [6.07, 6.45) is 6.76. The highest BCUT2D eigenvalue weighted by atomic mass is 35.7. The lowest BCUT2D eigenvalue weighted by Crippen LogP contribution is -2.25. The van der Waals surface area contributed by atoms with Crippen LogP contribution in [0.1, 0.15) is 65.7 Å². The molecule has 0 aromatic carbocycles. The molecule has 10 heteroatoms. The van der Waals surface area contributed by atoms with Gasteiger partial charge in [0, 0.05) is 23.4 Å². The second-order valence-corrected chi connectivity index (χ2v) is 12.0. The van der Waals surface area contributed by atoms with Crippen molar-refractivity contribution in [3.05, 3.63) is 0 Å². The molecule has 0 bridgehead atoms. The molecule has 31 heavy (non-hydrogen) atoms. The molecule has 2 rings (SSSR count). The first-order valence-electron chi connectivity index (χ1n) is 10.3. The van der Waals surface area contributed by atoms with Crippen LogP contribution in [0.2, 0.25) is 0 Å². The zero-order chi connectivity index (χ0) is 22.7. The fourth-order valence-corrected chi connectivity index (χ4v) is 6.21. The minimum Gasteiger partial charge on any atom is -0.469 e. The number of rotatable bonds is 6. The molecule has 0 amide bonds. The molecule has 0 radical (unpaired) electrons. The Bertz CT molecular complexity index is 665. The molecule has 0 aromatic rings. The summed E-state index contributed by atoms with van der Waals surface area (Å²) in [7, 11) is 4.58. The van der Waals surface area contributed by atoms with Crippen molar-refractivity contribution in [3.63, 3.8) is 0 Å². The molecule has 182 valence electrons. The van der Waals surface area contributed by atoms with Crippen LogP contribution in [0.5, 0.6) is 0 Å². The van der Waals surface area contributed by atoms with Gasteiger partial charge in [-0.15, -0.1) is 0 Å². The van der Waals surface area contributed by atoms with Crippen LogP contribution in [0, 0.1) is 23.7 Å². The van der Waals surface area contributed by atoms with E-state index in [1.165, 1.54) is 26.0 Å². The maximum atomic E-state index is 11.3. The van der Waals surface area contributed by atoms with Gasteiger partial charge in [-0.05, 0) is 63.2 Å². The first-order chi connectivity index (χ1) is 14.1. The summed E-state index contributed by atoms with van der Waals surface area (Å²) in [5.74, 6) is 1.37. The molecular weight excluding hydrogens is 464 g/mol. The molecule has 0 unspecified atom stereocenters. The van der Waals surface area contributed by atoms with Gasteiger partial charge in [0.05, 0.1) is 31.8 Å². The quantitative estimate of drug-likeness (QED) is 0.390. The normalized spacial score (nSPS) is 25.8. The number of methoxy groups -OCH3 is 2. The van der Waals surface area contributed by atoms with Crippen molar-refractivity contribution in [3.8, 4) is 0 Å². The Balaban J connectivity index is 0.000000562. The van der Waals surface area contributed by atoms with Gasteiger partial charge in [-0.1, -0.05) is 19.2 Å². The van der Waals surface area contributed by atoms with E-state index < -0.39 is 9.05 Å². The number of thioether (sulfide) groups is 1. The number of hydrogen-bond acceptors (Lipinski definition) is 8. The Hall–Kier alpha value is -0.800. The number of carbonyl (C=O) groups is 3. The van der Waals surface area contributed by atoms with Crippen molar-refractivity contribution >= 4 is 48.5 Å². The number of carbonyl (C=O) groups excluding carboxylic acids is 3. The molecular formula is C21H37ClO7S2. The molecule has 0 N–H and O–H groups in total. The highest BCUT2D eigenvalue weighted by molar-refractivity contribution is 8.13. The third-order valence-corrected chi connectivity index (χ3v) is 8.01. The van der Waals surface area contributed by atoms with Crippen LogP contribution in [0.25, 0.3) is 0 Å². The third-order valence-electron chi connectivity index (χ3n) is 5.72. The number of esters is 2. The van der Waals surface area contributed by atoms with Gasteiger partial charge in [0.15, 0.2) is 5.12 Å². The van der Waals surface area contributed by atoms with E-state index in [0.29, 0.717) is 18.8 Å². The molecule has 0 heterocycles. The Morgan fingerprint density at radius 2 is 1.23 bits per heavy atom. The largest absolute Gasteiger partial charge is 0.469 e. The van der Waals surface area contributed by atoms with Gasteiger partial charge in [0.2, 0.25) is 9.05 Å². The summed E-state index contributed by atoms with van der Waals surface area (Å²) >= 11 is 1.40. The molecule has 0 aliphatic heterocycles. The topological polar surface area (TPSA) is 104 Å². The predicted molar refractivity (Wildman–Crippen MR) is 124 cm³/mol. The van der Waals surface area contributed by atoms with Gasteiger partial charge in [0.25, 0.3) is 0 Å². The van der Waals surface area contributed by atoms with E-state index in [1.54, 1.807) is 6.92 Å². The van der Waals surface area contributed by atoms with Crippen LogP contribution in [-0.2, 0) is 32.9 Å².